The standard InChI is InChI=1S/C37H39NO6S/c1-24-34(23-45-33-13-5-4-6-14-33)43-37(44-35(24)29-17-15-27(22-39)16-18-29)32-12-8-11-31(20-32)30-10-7-9-28(19-30)21-38-36(41)25(2)42-26(3)40/h4-20,24-25,34-35,37,39H,21-23H2,1-3H3,(H,38,41). The third-order valence-corrected chi connectivity index (χ3v) is 8.98. The topological polar surface area (TPSA) is 94.1 Å². The van der Waals surface area contributed by atoms with Gasteiger partial charge >= 0.3 is 5.97 Å². The maximum absolute atomic E-state index is 12.3. The molecule has 0 bridgehead atoms. The zero-order valence-electron chi connectivity index (χ0n) is 25.7. The number of hydrogen-bond donors (Lipinski definition) is 2. The molecule has 0 aromatic heterocycles. The summed E-state index contributed by atoms with van der Waals surface area (Å²) in [5, 5.41) is 12.4. The van der Waals surface area contributed by atoms with Crippen LogP contribution in [0, 0.1) is 5.92 Å². The fraction of sp³-hybridized carbons (Fsp3) is 0.297. The zero-order valence-corrected chi connectivity index (χ0v) is 26.5. The monoisotopic (exact) mass is 625 g/mol. The summed E-state index contributed by atoms with van der Waals surface area (Å²) in [4.78, 5) is 24.7. The molecule has 1 saturated heterocycles. The molecule has 1 amide bonds. The Morgan fingerprint density at radius 3 is 2.29 bits per heavy atom. The van der Waals surface area contributed by atoms with Gasteiger partial charge in [0.1, 0.15) is 0 Å². The maximum Gasteiger partial charge on any atom is 0.303 e. The predicted octanol–water partition coefficient (Wildman–Crippen LogP) is 7.00. The molecule has 7 nitrogen and oxygen atoms in total. The number of thioether (sulfide) groups is 1. The molecule has 8 heteroatoms. The lowest BCUT2D eigenvalue weighted by molar-refractivity contribution is -0.268. The SMILES string of the molecule is CC(=O)OC(C)C(=O)NCc1cccc(-c2cccc(C3OC(CSc4ccccc4)C(C)C(c4ccc(CO)cc4)O3)c2)c1. The maximum atomic E-state index is 12.3. The van der Waals surface area contributed by atoms with E-state index in [0.717, 1.165) is 39.1 Å². The highest BCUT2D eigenvalue weighted by molar-refractivity contribution is 7.99. The van der Waals surface area contributed by atoms with Crippen molar-refractivity contribution in [3.63, 3.8) is 0 Å². The van der Waals surface area contributed by atoms with Gasteiger partial charge in [-0.2, -0.15) is 0 Å². The summed E-state index contributed by atoms with van der Waals surface area (Å²) in [6.07, 6.45) is -1.69. The van der Waals surface area contributed by atoms with Crippen molar-refractivity contribution in [3.05, 3.63) is 125 Å². The van der Waals surface area contributed by atoms with Crippen molar-refractivity contribution >= 4 is 23.6 Å². The number of amides is 1. The molecule has 1 aliphatic heterocycles. The van der Waals surface area contributed by atoms with Crippen LogP contribution in [0.4, 0.5) is 0 Å². The van der Waals surface area contributed by atoms with Crippen molar-refractivity contribution in [1.29, 1.82) is 0 Å². The van der Waals surface area contributed by atoms with Gasteiger partial charge in [-0.05, 0) is 59.0 Å². The number of ether oxygens (including phenoxy) is 3. The van der Waals surface area contributed by atoms with E-state index in [1.807, 2.05) is 84.9 Å². The minimum Gasteiger partial charge on any atom is -0.453 e. The average molecular weight is 626 g/mol. The summed E-state index contributed by atoms with van der Waals surface area (Å²) in [5.41, 5.74) is 5.74. The summed E-state index contributed by atoms with van der Waals surface area (Å²) in [7, 11) is 0. The van der Waals surface area contributed by atoms with Gasteiger partial charge < -0.3 is 24.6 Å². The summed E-state index contributed by atoms with van der Waals surface area (Å²) >= 11 is 1.78. The highest BCUT2D eigenvalue weighted by Crippen LogP contribution is 2.43. The molecular formula is C37H39NO6S. The number of carbonyl (C=O) groups excluding carboxylic acids is 2. The van der Waals surface area contributed by atoms with Crippen molar-refractivity contribution in [2.75, 3.05) is 5.75 Å². The number of aliphatic hydroxyl groups excluding tert-OH is 1. The van der Waals surface area contributed by atoms with E-state index >= 15 is 0 Å². The van der Waals surface area contributed by atoms with Crippen LogP contribution in [-0.2, 0) is 37.0 Å². The average Bonchev–Trinajstić information content (AvgIpc) is 3.07. The van der Waals surface area contributed by atoms with Gasteiger partial charge in [0.05, 0.1) is 18.8 Å². The third kappa shape index (κ3) is 8.61. The van der Waals surface area contributed by atoms with Crippen molar-refractivity contribution < 1.29 is 28.9 Å². The molecular weight excluding hydrogens is 586 g/mol. The minimum absolute atomic E-state index is 0.00278. The summed E-state index contributed by atoms with van der Waals surface area (Å²) < 4.78 is 18.3. The van der Waals surface area contributed by atoms with Crippen molar-refractivity contribution in [1.82, 2.24) is 5.32 Å². The van der Waals surface area contributed by atoms with Gasteiger partial charge in [-0.3, -0.25) is 9.59 Å². The zero-order chi connectivity index (χ0) is 31.8. The number of benzene rings is 4. The Balaban J connectivity index is 1.35. The Kier molecular flexibility index (Phi) is 11.1. The highest BCUT2D eigenvalue weighted by Gasteiger charge is 2.38. The predicted molar refractivity (Wildman–Crippen MR) is 175 cm³/mol. The van der Waals surface area contributed by atoms with Crippen LogP contribution >= 0.6 is 11.8 Å². The van der Waals surface area contributed by atoms with Crippen LogP contribution in [-0.4, -0.2) is 34.9 Å². The summed E-state index contributed by atoms with van der Waals surface area (Å²) in [6, 6.07) is 34.4. The largest absolute Gasteiger partial charge is 0.453 e. The molecule has 234 valence electrons. The first-order valence-corrected chi connectivity index (χ1v) is 16.1. The fourth-order valence-electron chi connectivity index (χ4n) is 5.37. The quantitative estimate of drug-likeness (QED) is 0.137. The van der Waals surface area contributed by atoms with Gasteiger partial charge in [-0.15, -0.1) is 11.8 Å². The first kappa shape index (κ1) is 32.4. The molecule has 0 saturated carbocycles. The molecule has 0 spiro atoms. The molecule has 0 aliphatic carbocycles. The third-order valence-electron chi connectivity index (χ3n) is 7.88. The number of hydrogen-bond acceptors (Lipinski definition) is 7. The number of carbonyl (C=O) groups is 2. The first-order valence-electron chi connectivity index (χ1n) is 15.1. The lowest BCUT2D eigenvalue weighted by Gasteiger charge is -2.41. The van der Waals surface area contributed by atoms with E-state index in [1.165, 1.54) is 11.8 Å². The number of esters is 1. The molecule has 4 aromatic rings. The number of nitrogens with one attached hydrogen (secondary N) is 1. The van der Waals surface area contributed by atoms with Crippen molar-refractivity contribution in [2.24, 2.45) is 5.92 Å². The second kappa shape index (κ2) is 15.4. The van der Waals surface area contributed by atoms with Gasteiger partial charge in [-0.1, -0.05) is 85.8 Å². The van der Waals surface area contributed by atoms with Gasteiger partial charge in [0.25, 0.3) is 5.91 Å². The van der Waals surface area contributed by atoms with Crippen LogP contribution in [0.3, 0.4) is 0 Å². The molecule has 2 N–H and O–H groups in total. The van der Waals surface area contributed by atoms with Crippen LogP contribution in [0.25, 0.3) is 11.1 Å². The van der Waals surface area contributed by atoms with Crippen LogP contribution in [0.1, 0.15) is 55.4 Å². The van der Waals surface area contributed by atoms with E-state index < -0.39 is 18.4 Å². The summed E-state index contributed by atoms with van der Waals surface area (Å²) in [6.45, 7) is 5.31. The van der Waals surface area contributed by atoms with E-state index in [9.17, 15) is 14.7 Å². The van der Waals surface area contributed by atoms with E-state index in [4.69, 9.17) is 14.2 Å². The molecule has 45 heavy (non-hydrogen) atoms. The lowest BCUT2D eigenvalue weighted by Crippen LogP contribution is -2.38. The highest BCUT2D eigenvalue weighted by atomic mass is 32.2. The summed E-state index contributed by atoms with van der Waals surface area (Å²) in [5.74, 6) is 0.0296. The molecule has 5 unspecified atom stereocenters. The Morgan fingerprint density at radius 1 is 0.867 bits per heavy atom. The van der Waals surface area contributed by atoms with Crippen molar-refractivity contribution in [3.8, 4) is 11.1 Å². The number of rotatable bonds is 11. The Morgan fingerprint density at radius 2 is 1.58 bits per heavy atom. The smallest absolute Gasteiger partial charge is 0.303 e. The van der Waals surface area contributed by atoms with Gasteiger partial charge in [0, 0.05) is 35.6 Å². The van der Waals surface area contributed by atoms with E-state index in [2.05, 4.69) is 30.4 Å². The van der Waals surface area contributed by atoms with Crippen LogP contribution in [0.5, 0.6) is 0 Å². The van der Waals surface area contributed by atoms with Gasteiger partial charge in [-0.25, -0.2) is 0 Å². The molecule has 5 atom stereocenters. The van der Waals surface area contributed by atoms with Gasteiger partial charge in [0.2, 0.25) is 0 Å². The number of aliphatic hydroxyl groups is 1. The van der Waals surface area contributed by atoms with Crippen LogP contribution in [0.2, 0.25) is 0 Å². The first-order chi connectivity index (χ1) is 21.8. The minimum atomic E-state index is -0.855. The fourth-order valence-corrected chi connectivity index (χ4v) is 6.45. The van der Waals surface area contributed by atoms with Gasteiger partial charge in [0.15, 0.2) is 12.4 Å². The van der Waals surface area contributed by atoms with E-state index in [0.29, 0.717) is 6.54 Å². The second-order valence-corrected chi connectivity index (χ2v) is 12.3. The second-order valence-electron chi connectivity index (χ2n) is 11.2. The van der Waals surface area contributed by atoms with Crippen LogP contribution in [0.15, 0.2) is 108 Å². The van der Waals surface area contributed by atoms with Crippen molar-refractivity contribution in [2.45, 2.75) is 63.4 Å². The Hall–Kier alpha value is -3.95. The Bertz CT molecular complexity index is 1580. The lowest BCUT2D eigenvalue weighted by atomic mass is 9.91. The molecule has 1 heterocycles. The van der Waals surface area contributed by atoms with E-state index in [1.54, 1.807) is 18.7 Å². The molecule has 1 aliphatic rings. The molecule has 1 fully saturated rings. The van der Waals surface area contributed by atoms with Crippen LogP contribution < -0.4 is 5.32 Å². The normalized spacial score (nSPS) is 20.3. The molecule has 4 aromatic carbocycles. The Labute approximate surface area is 268 Å². The van der Waals surface area contributed by atoms with E-state index in [-0.39, 0.29) is 30.6 Å². The molecule has 0 radical (unpaired) electrons. The molecule has 5 rings (SSSR count).